The Morgan fingerprint density at radius 1 is 1.50 bits per heavy atom. The first-order valence-corrected chi connectivity index (χ1v) is 6.15. The van der Waals surface area contributed by atoms with E-state index in [1.165, 1.54) is 12.8 Å². The SMILES string of the molecule is CC(C)n1cnnc1C1NCCCC1(C)C. The summed E-state index contributed by atoms with van der Waals surface area (Å²) in [6.45, 7) is 10.0. The molecule has 90 valence electrons. The Morgan fingerprint density at radius 2 is 2.25 bits per heavy atom. The first-order chi connectivity index (χ1) is 7.52. The molecule has 1 aromatic heterocycles. The highest BCUT2D eigenvalue weighted by Crippen LogP contribution is 2.39. The summed E-state index contributed by atoms with van der Waals surface area (Å²) in [7, 11) is 0. The third-order valence-corrected chi connectivity index (χ3v) is 3.54. The van der Waals surface area contributed by atoms with Crippen LogP contribution in [0.3, 0.4) is 0 Å². The third-order valence-electron chi connectivity index (χ3n) is 3.54. The van der Waals surface area contributed by atoms with Gasteiger partial charge in [-0.05, 0) is 38.6 Å². The molecular formula is C12H22N4. The third kappa shape index (κ3) is 1.98. The standard InChI is InChI=1S/C12H22N4/c1-9(2)16-8-14-15-11(16)10-12(3,4)6-5-7-13-10/h8-10,13H,5-7H2,1-4H3. The lowest BCUT2D eigenvalue weighted by Crippen LogP contribution is -2.41. The van der Waals surface area contributed by atoms with Crippen LogP contribution in [0.2, 0.25) is 0 Å². The number of rotatable bonds is 2. The van der Waals surface area contributed by atoms with E-state index in [4.69, 9.17) is 0 Å². The van der Waals surface area contributed by atoms with Gasteiger partial charge < -0.3 is 9.88 Å². The predicted molar refractivity (Wildman–Crippen MR) is 64.2 cm³/mol. The van der Waals surface area contributed by atoms with Crippen LogP contribution >= 0.6 is 0 Å². The molecule has 1 fully saturated rings. The topological polar surface area (TPSA) is 42.7 Å². The molecule has 0 saturated carbocycles. The predicted octanol–water partition coefficient (Wildman–Crippen LogP) is 2.31. The molecule has 16 heavy (non-hydrogen) atoms. The fourth-order valence-corrected chi connectivity index (χ4v) is 2.51. The first-order valence-electron chi connectivity index (χ1n) is 6.15. The molecular weight excluding hydrogens is 200 g/mol. The minimum Gasteiger partial charge on any atom is -0.314 e. The fourth-order valence-electron chi connectivity index (χ4n) is 2.51. The highest BCUT2D eigenvalue weighted by molar-refractivity contribution is 5.04. The van der Waals surface area contributed by atoms with Crippen molar-refractivity contribution >= 4 is 0 Å². The Labute approximate surface area is 97.5 Å². The Hall–Kier alpha value is -0.900. The lowest BCUT2D eigenvalue weighted by atomic mass is 9.77. The number of hydrogen-bond acceptors (Lipinski definition) is 3. The van der Waals surface area contributed by atoms with Crippen LogP contribution in [0.4, 0.5) is 0 Å². The molecule has 0 amide bonds. The van der Waals surface area contributed by atoms with Gasteiger partial charge in [0.05, 0.1) is 6.04 Å². The lowest BCUT2D eigenvalue weighted by Gasteiger charge is -2.39. The summed E-state index contributed by atoms with van der Waals surface area (Å²) >= 11 is 0. The lowest BCUT2D eigenvalue weighted by molar-refractivity contribution is 0.169. The van der Waals surface area contributed by atoms with Crippen LogP contribution in [0.15, 0.2) is 6.33 Å². The van der Waals surface area contributed by atoms with Crippen molar-refractivity contribution in [1.82, 2.24) is 20.1 Å². The number of aromatic nitrogens is 3. The van der Waals surface area contributed by atoms with E-state index in [1.54, 1.807) is 0 Å². The van der Waals surface area contributed by atoms with Gasteiger partial charge in [-0.15, -0.1) is 10.2 Å². The molecule has 0 spiro atoms. The van der Waals surface area contributed by atoms with Gasteiger partial charge in [0.1, 0.15) is 6.33 Å². The van der Waals surface area contributed by atoms with Gasteiger partial charge in [-0.3, -0.25) is 0 Å². The Morgan fingerprint density at radius 3 is 2.88 bits per heavy atom. The van der Waals surface area contributed by atoms with Gasteiger partial charge in [-0.25, -0.2) is 0 Å². The number of nitrogens with zero attached hydrogens (tertiary/aromatic N) is 3. The second kappa shape index (κ2) is 4.17. The van der Waals surface area contributed by atoms with E-state index in [2.05, 4.69) is 47.8 Å². The molecule has 1 unspecified atom stereocenters. The molecule has 0 radical (unpaired) electrons. The Balaban J connectivity index is 2.31. The largest absolute Gasteiger partial charge is 0.314 e. The van der Waals surface area contributed by atoms with E-state index in [1.807, 2.05) is 6.33 Å². The van der Waals surface area contributed by atoms with E-state index in [0.717, 1.165) is 12.4 Å². The highest BCUT2D eigenvalue weighted by Gasteiger charge is 2.36. The second-order valence-electron chi connectivity index (χ2n) is 5.67. The van der Waals surface area contributed by atoms with Crippen LogP contribution in [0.25, 0.3) is 0 Å². The molecule has 1 saturated heterocycles. The molecule has 2 rings (SSSR count). The molecule has 2 heterocycles. The van der Waals surface area contributed by atoms with E-state index >= 15 is 0 Å². The smallest absolute Gasteiger partial charge is 0.150 e. The van der Waals surface area contributed by atoms with Crippen molar-refractivity contribution in [2.24, 2.45) is 5.41 Å². The number of piperidine rings is 1. The van der Waals surface area contributed by atoms with Crippen molar-refractivity contribution in [2.45, 2.75) is 52.6 Å². The zero-order chi connectivity index (χ0) is 11.8. The molecule has 1 aliphatic rings. The van der Waals surface area contributed by atoms with E-state index in [-0.39, 0.29) is 5.41 Å². The summed E-state index contributed by atoms with van der Waals surface area (Å²) in [5, 5.41) is 11.9. The molecule has 4 heteroatoms. The average molecular weight is 222 g/mol. The maximum absolute atomic E-state index is 4.31. The summed E-state index contributed by atoms with van der Waals surface area (Å²) in [4.78, 5) is 0. The van der Waals surface area contributed by atoms with Gasteiger partial charge >= 0.3 is 0 Å². The summed E-state index contributed by atoms with van der Waals surface area (Å²) < 4.78 is 2.17. The monoisotopic (exact) mass is 222 g/mol. The second-order valence-corrected chi connectivity index (χ2v) is 5.67. The van der Waals surface area contributed by atoms with E-state index in [0.29, 0.717) is 12.1 Å². The molecule has 0 bridgehead atoms. The van der Waals surface area contributed by atoms with Crippen molar-refractivity contribution < 1.29 is 0 Å². The van der Waals surface area contributed by atoms with Gasteiger partial charge in [0.15, 0.2) is 5.82 Å². The summed E-state index contributed by atoms with van der Waals surface area (Å²) in [5.41, 5.74) is 0.262. The molecule has 4 nitrogen and oxygen atoms in total. The summed E-state index contributed by atoms with van der Waals surface area (Å²) in [6, 6.07) is 0.746. The van der Waals surface area contributed by atoms with E-state index < -0.39 is 0 Å². The van der Waals surface area contributed by atoms with Gasteiger partial charge in [0.25, 0.3) is 0 Å². The summed E-state index contributed by atoms with van der Waals surface area (Å²) in [6.07, 6.45) is 4.33. The van der Waals surface area contributed by atoms with Crippen molar-refractivity contribution in [3.05, 3.63) is 12.2 Å². The quantitative estimate of drug-likeness (QED) is 0.835. The van der Waals surface area contributed by atoms with Crippen molar-refractivity contribution in [1.29, 1.82) is 0 Å². The molecule has 1 N–H and O–H groups in total. The maximum Gasteiger partial charge on any atom is 0.150 e. The molecule has 0 aromatic carbocycles. The Kier molecular flexibility index (Phi) is 3.02. The van der Waals surface area contributed by atoms with Crippen LogP contribution in [-0.2, 0) is 0 Å². The van der Waals surface area contributed by atoms with Crippen LogP contribution in [0.5, 0.6) is 0 Å². The number of nitrogens with one attached hydrogen (secondary N) is 1. The maximum atomic E-state index is 4.31. The zero-order valence-corrected chi connectivity index (χ0v) is 10.7. The summed E-state index contributed by atoms with van der Waals surface area (Å²) in [5.74, 6) is 1.08. The zero-order valence-electron chi connectivity index (χ0n) is 10.7. The van der Waals surface area contributed by atoms with Crippen LogP contribution in [0, 0.1) is 5.41 Å². The van der Waals surface area contributed by atoms with Crippen LogP contribution in [0.1, 0.15) is 58.4 Å². The van der Waals surface area contributed by atoms with Crippen molar-refractivity contribution in [2.75, 3.05) is 6.54 Å². The van der Waals surface area contributed by atoms with E-state index in [9.17, 15) is 0 Å². The van der Waals surface area contributed by atoms with Gasteiger partial charge in [-0.2, -0.15) is 0 Å². The molecule has 1 atom stereocenters. The normalized spacial score (nSPS) is 24.9. The van der Waals surface area contributed by atoms with Crippen LogP contribution in [-0.4, -0.2) is 21.3 Å². The molecule has 1 aromatic rings. The molecule has 1 aliphatic heterocycles. The van der Waals surface area contributed by atoms with Gasteiger partial charge in [-0.1, -0.05) is 13.8 Å². The average Bonchev–Trinajstić information content (AvgIpc) is 2.65. The number of hydrogen-bond donors (Lipinski definition) is 1. The van der Waals surface area contributed by atoms with Crippen molar-refractivity contribution in [3.63, 3.8) is 0 Å². The minimum atomic E-state index is 0.262. The minimum absolute atomic E-state index is 0.262. The van der Waals surface area contributed by atoms with Gasteiger partial charge in [0, 0.05) is 6.04 Å². The highest BCUT2D eigenvalue weighted by atomic mass is 15.3. The first kappa shape index (κ1) is 11.6. The molecule has 0 aliphatic carbocycles. The fraction of sp³-hybridized carbons (Fsp3) is 0.833. The van der Waals surface area contributed by atoms with Gasteiger partial charge in [0.2, 0.25) is 0 Å². The van der Waals surface area contributed by atoms with Crippen molar-refractivity contribution in [3.8, 4) is 0 Å². The Bertz CT molecular complexity index is 354. The van der Waals surface area contributed by atoms with Crippen LogP contribution < -0.4 is 5.32 Å².